The van der Waals surface area contributed by atoms with Crippen LogP contribution in [0.15, 0.2) is 17.1 Å². The van der Waals surface area contributed by atoms with Crippen LogP contribution in [0.1, 0.15) is 24.0 Å². The topological polar surface area (TPSA) is 72.4 Å². The molecule has 0 bridgehead atoms. The summed E-state index contributed by atoms with van der Waals surface area (Å²) in [7, 11) is 3.13. The lowest BCUT2D eigenvalue weighted by molar-refractivity contribution is -0.146. The monoisotopic (exact) mass is 493 g/mol. The van der Waals surface area contributed by atoms with Gasteiger partial charge in [0.2, 0.25) is 0 Å². The van der Waals surface area contributed by atoms with E-state index in [0.29, 0.717) is 37.6 Å². The van der Waals surface area contributed by atoms with E-state index in [2.05, 4.69) is 15.2 Å². The maximum atomic E-state index is 13.8. The minimum absolute atomic E-state index is 0. The van der Waals surface area contributed by atoms with E-state index < -0.39 is 0 Å². The molecule has 2 heterocycles. The number of likely N-dealkylation sites (tertiary alicyclic amines) is 1. The second-order valence-corrected chi connectivity index (χ2v) is 6.35. The number of guanidine groups is 1. The van der Waals surface area contributed by atoms with E-state index >= 15 is 0 Å². The summed E-state index contributed by atoms with van der Waals surface area (Å²) in [5, 5.41) is 3.26. The van der Waals surface area contributed by atoms with Gasteiger partial charge in [0.1, 0.15) is 11.6 Å². The predicted octanol–water partition coefficient (Wildman–Crippen LogP) is 2.27. The van der Waals surface area contributed by atoms with Crippen molar-refractivity contribution in [2.24, 2.45) is 10.9 Å². The number of esters is 1. The van der Waals surface area contributed by atoms with Crippen molar-refractivity contribution >= 4 is 35.9 Å². The molecule has 0 saturated carbocycles. The Morgan fingerprint density at radius 1 is 1.41 bits per heavy atom. The first-order chi connectivity index (χ1) is 12.6. The van der Waals surface area contributed by atoms with Gasteiger partial charge in [-0.05, 0) is 25.0 Å². The molecule has 0 radical (unpaired) electrons. The summed E-state index contributed by atoms with van der Waals surface area (Å²) < 4.78 is 29.4. The number of carbonyl (C=O) groups is 1. The van der Waals surface area contributed by atoms with Gasteiger partial charge in [-0.25, -0.2) is 4.39 Å². The number of piperidine rings is 1. The number of hydrogen-bond donors (Lipinski definition) is 1. The van der Waals surface area contributed by atoms with Crippen molar-refractivity contribution in [1.82, 2.24) is 10.2 Å². The van der Waals surface area contributed by atoms with Crippen LogP contribution in [0.2, 0.25) is 0 Å². The van der Waals surface area contributed by atoms with Crippen molar-refractivity contribution in [2.75, 3.05) is 34.0 Å². The number of nitrogens with zero attached hydrogens (tertiary/aromatic N) is 2. The van der Waals surface area contributed by atoms with Gasteiger partial charge in [-0.15, -0.1) is 24.0 Å². The summed E-state index contributed by atoms with van der Waals surface area (Å²) in [6, 6.07) is 2.90. The third-order valence-electron chi connectivity index (χ3n) is 4.73. The average Bonchev–Trinajstić information content (AvgIpc) is 2.68. The number of hydrogen-bond acceptors (Lipinski definition) is 5. The number of carbonyl (C=O) groups excluding carboxylic acids is 1. The molecule has 2 aliphatic heterocycles. The molecule has 7 nitrogen and oxygen atoms in total. The van der Waals surface area contributed by atoms with E-state index in [0.717, 1.165) is 24.4 Å². The second-order valence-electron chi connectivity index (χ2n) is 6.35. The molecule has 1 aromatic carbocycles. The number of methoxy groups -OCH3 is 1. The maximum absolute atomic E-state index is 13.8. The highest BCUT2D eigenvalue weighted by Crippen LogP contribution is 2.29. The van der Waals surface area contributed by atoms with E-state index in [9.17, 15) is 9.18 Å². The zero-order valence-corrected chi connectivity index (χ0v) is 17.8. The Balaban J connectivity index is 0.00000261. The lowest BCUT2D eigenvalue weighted by Gasteiger charge is -2.33. The van der Waals surface area contributed by atoms with E-state index in [-0.39, 0.29) is 48.5 Å². The minimum Gasteiger partial charge on any atom is -0.469 e. The first-order valence-electron chi connectivity index (χ1n) is 8.67. The van der Waals surface area contributed by atoms with Crippen LogP contribution in [0.4, 0.5) is 4.39 Å². The fourth-order valence-corrected chi connectivity index (χ4v) is 3.39. The van der Waals surface area contributed by atoms with Crippen molar-refractivity contribution in [3.63, 3.8) is 0 Å². The van der Waals surface area contributed by atoms with Crippen molar-refractivity contribution in [1.29, 1.82) is 0 Å². The minimum atomic E-state index is -0.316. The lowest BCUT2D eigenvalue weighted by Crippen LogP contribution is -2.46. The lowest BCUT2D eigenvalue weighted by atomic mass is 9.97. The van der Waals surface area contributed by atoms with Crippen molar-refractivity contribution in [3.8, 4) is 5.75 Å². The van der Waals surface area contributed by atoms with Crippen LogP contribution < -0.4 is 10.1 Å². The largest absolute Gasteiger partial charge is 0.469 e. The average molecular weight is 493 g/mol. The molecule has 0 unspecified atom stereocenters. The third kappa shape index (κ3) is 5.22. The smallest absolute Gasteiger partial charge is 0.308 e. The second kappa shape index (κ2) is 10.1. The normalized spacial score (nSPS) is 17.4. The first kappa shape index (κ1) is 21.7. The zero-order valence-electron chi connectivity index (χ0n) is 15.5. The Bertz CT molecular complexity index is 693. The molecule has 0 amide bonds. The van der Waals surface area contributed by atoms with Crippen LogP contribution in [0.25, 0.3) is 0 Å². The van der Waals surface area contributed by atoms with Gasteiger partial charge in [-0.2, -0.15) is 0 Å². The van der Waals surface area contributed by atoms with Gasteiger partial charge in [0.05, 0.1) is 19.6 Å². The van der Waals surface area contributed by atoms with E-state index in [1.165, 1.54) is 19.2 Å². The summed E-state index contributed by atoms with van der Waals surface area (Å²) in [5.74, 6) is 0.864. The highest BCUT2D eigenvalue weighted by atomic mass is 127. The molecule has 3 rings (SSSR count). The molecule has 0 atom stereocenters. The summed E-state index contributed by atoms with van der Waals surface area (Å²) in [6.45, 7) is 2.33. The maximum Gasteiger partial charge on any atom is 0.308 e. The van der Waals surface area contributed by atoms with Gasteiger partial charge in [0.15, 0.2) is 12.8 Å². The molecule has 0 aliphatic carbocycles. The number of aliphatic imine (C=N–C) groups is 1. The number of rotatable bonds is 3. The van der Waals surface area contributed by atoms with E-state index in [4.69, 9.17) is 14.2 Å². The molecule has 27 heavy (non-hydrogen) atoms. The standard InChI is InChI=1S/C18H24FN3O4.HI/c1-20-18(22-5-3-12(4-6-22)17(23)24-2)21-9-13-7-15(19)8-14-10-25-11-26-16(13)14;/h7-8,12H,3-6,9-11H2,1-2H3,(H,20,21);1H. The number of halogens is 2. The number of nitrogens with one attached hydrogen (secondary N) is 1. The van der Waals surface area contributed by atoms with Gasteiger partial charge in [0.25, 0.3) is 0 Å². The van der Waals surface area contributed by atoms with Gasteiger partial charge < -0.3 is 24.4 Å². The molecule has 9 heteroatoms. The zero-order chi connectivity index (χ0) is 18.5. The Morgan fingerprint density at radius 2 is 2.15 bits per heavy atom. The van der Waals surface area contributed by atoms with Gasteiger partial charge in [-0.1, -0.05) is 0 Å². The van der Waals surface area contributed by atoms with Crippen LogP contribution in [0.3, 0.4) is 0 Å². The van der Waals surface area contributed by atoms with Gasteiger partial charge >= 0.3 is 5.97 Å². The van der Waals surface area contributed by atoms with Crippen molar-refractivity contribution in [3.05, 3.63) is 29.1 Å². The van der Waals surface area contributed by atoms with Gasteiger partial charge in [0, 0.05) is 37.8 Å². The Hall–Kier alpha value is -1.62. The molecule has 2 aliphatic rings. The molecule has 0 aromatic heterocycles. The molecular weight excluding hydrogens is 468 g/mol. The third-order valence-corrected chi connectivity index (χ3v) is 4.73. The first-order valence-corrected chi connectivity index (χ1v) is 8.67. The van der Waals surface area contributed by atoms with Crippen molar-refractivity contribution in [2.45, 2.75) is 26.0 Å². The van der Waals surface area contributed by atoms with Crippen LogP contribution in [-0.4, -0.2) is 50.9 Å². The van der Waals surface area contributed by atoms with Crippen LogP contribution in [-0.2, 0) is 27.4 Å². The van der Waals surface area contributed by atoms with E-state index in [1.807, 2.05) is 0 Å². The van der Waals surface area contributed by atoms with Gasteiger partial charge in [-0.3, -0.25) is 9.79 Å². The summed E-state index contributed by atoms with van der Waals surface area (Å²) in [5.41, 5.74) is 1.44. The molecule has 0 spiro atoms. The predicted molar refractivity (Wildman–Crippen MR) is 109 cm³/mol. The molecule has 150 valence electrons. The molecule has 1 aromatic rings. The van der Waals surface area contributed by atoms with E-state index in [1.54, 1.807) is 7.05 Å². The fraction of sp³-hybridized carbons (Fsp3) is 0.556. The molecule has 1 fully saturated rings. The SMILES string of the molecule is CN=C(NCc1cc(F)cc2c1OCOC2)N1CCC(C(=O)OC)CC1.I. The molecular formula is C18H25FIN3O4. The fourth-order valence-electron chi connectivity index (χ4n) is 3.39. The number of benzene rings is 1. The Kier molecular flexibility index (Phi) is 8.08. The highest BCUT2D eigenvalue weighted by molar-refractivity contribution is 14.0. The van der Waals surface area contributed by atoms with Crippen molar-refractivity contribution < 1.29 is 23.4 Å². The Morgan fingerprint density at radius 3 is 2.81 bits per heavy atom. The molecule has 1 N–H and O–H groups in total. The summed E-state index contributed by atoms with van der Waals surface area (Å²) in [4.78, 5) is 18.0. The van der Waals surface area contributed by atoms with Crippen LogP contribution in [0.5, 0.6) is 5.75 Å². The Labute approximate surface area is 175 Å². The number of ether oxygens (including phenoxy) is 3. The highest BCUT2D eigenvalue weighted by Gasteiger charge is 2.27. The molecule has 1 saturated heterocycles. The summed E-state index contributed by atoms with van der Waals surface area (Å²) in [6.07, 6.45) is 1.45. The summed E-state index contributed by atoms with van der Waals surface area (Å²) >= 11 is 0. The van der Waals surface area contributed by atoms with Crippen LogP contribution in [0, 0.1) is 11.7 Å². The quantitative estimate of drug-likeness (QED) is 0.302. The number of fused-ring (bicyclic) bond motifs is 1. The van der Waals surface area contributed by atoms with Crippen LogP contribution >= 0.6 is 24.0 Å².